The molecule has 0 saturated carbocycles. The Morgan fingerprint density at radius 3 is 2.56 bits per heavy atom. The number of halogens is 2. The number of H-pyrrole nitrogens is 1. The molecule has 7 heteroatoms. The molecule has 0 saturated heterocycles. The van der Waals surface area contributed by atoms with E-state index in [2.05, 4.69) is 31.2 Å². The Morgan fingerprint density at radius 1 is 1.15 bits per heavy atom. The zero-order valence-corrected chi connectivity index (χ0v) is 16.1. The molecule has 27 heavy (non-hydrogen) atoms. The number of furan rings is 1. The zero-order valence-electron chi connectivity index (χ0n) is 14.6. The van der Waals surface area contributed by atoms with Crippen LogP contribution in [0, 0.1) is 19.7 Å². The molecule has 0 bridgehead atoms. The molecule has 0 spiro atoms. The Kier molecular flexibility index (Phi) is 4.31. The number of amides is 1. The highest BCUT2D eigenvalue weighted by atomic mass is 79.9. The molecule has 2 aromatic heterocycles. The van der Waals surface area contributed by atoms with Crippen LogP contribution in [0.25, 0.3) is 22.4 Å². The van der Waals surface area contributed by atoms with Crippen LogP contribution in [0.4, 0.5) is 10.1 Å². The average Bonchev–Trinajstić information content (AvgIpc) is 3.15. The molecule has 0 atom stereocenters. The van der Waals surface area contributed by atoms with E-state index in [9.17, 15) is 9.18 Å². The lowest BCUT2D eigenvalue weighted by Gasteiger charge is -2.05. The minimum Gasteiger partial charge on any atom is -0.465 e. The van der Waals surface area contributed by atoms with Crippen molar-refractivity contribution >= 4 is 38.6 Å². The van der Waals surface area contributed by atoms with Gasteiger partial charge in [0.1, 0.15) is 23.2 Å². The molecule has 2 aromatic carbocycles. The third kappa shape index (κ3) is 3.26. The third-order valence-electron chi connectivity index (χ3n) is 4.27. The average molecular weight is 428 g/mol. The summed E-state index contributed by atoms with van der Waals surface area (Å²) in [5, 5.41) is 2.88. The number of hydrogen-bond donors (Lipinski definition) is 2. The van der Waals surface area contributed by atoms with Gasteiger partial charge >= 0.3 is 0 Å². The highest BCUT2D eigenvalue weighted by molar-refractivity contribution is 9.10. The number of aromatic amines is 1. The second kappa shape index (κ2) is 6.66. The van der Waals surface area contributed by atoms with Crippen LogP contribution in [-0.2, 0) is 0 Å². The van der Waals surface area contributed by atoms with Crippen LogP contribution in [0.3, 0.4) is 0 Å². The fourth-order valence-corrected chi connectivity index (χ4v) is 3.48. The Morgan fingerprint density at radius 2 is 1.89 bits per heavy atom. The van der Waals surface area contributed by atoms with Crippen molar-refractivity contribution < 1.29 is 13.6 Å². The summed E-state index contributed by atoms with van der Waals surface area (Å²) in [5.74, 6) is 1.30. The summed E-state index contributed by atoms with van der Waals surface area (Å²) in [6.45, 7) is 3.54. The van der Waals surface area contributed by atoms with E-state index < -0.39 is 0 Å². The fraction of sp³-hybridized carbons (Fsp3) is 0.100. The molecule has 2 N–H and O–H groups in total. The van der Waals surface area contributed by atoms with Gasteiger partial charge in [-0.05, 0) is 72.2 Å². The van der Waals surface area contributed by atoms with Gasteiger partial charge in [-0.25, -0.2) is 9.37 Å². The van der Waals surface area contributed by atoms with Gasteiger partial charge < -0.3 is 14.7 Å². The summed E-state index contributed by atoms with van der Waals surface area (Å²) in [4.78, 5) is 20.3. The summed E-state index contributed by atoms with van der Waals surface area (Å²) < 4.78 is 19.2. The zero-order chi connectivity index (χ0) is 19.1. The predicted molar refractivity (Wildman–Crippen MR) is 105 cm³/mol. The highest BCUT2D eigenvalue weighted by Crippen LogP contribution is 2.29. The number of anilines is 1. The Balaban J connectivity index is 1.63. The van der Waals surface area contributed by atoms with E-state index in [1.807, 2.05) is 12.1 Å². The summed E-state index contributed by atoms with van der Waals surface area (Å²) in [5.41, 5.74) is 3.41. The van der Waals surface area contributed by atoms with Crippen molar-refractivity contribution in [1.29, 1.82) is 0 Å². The first-order valence-corrected chi connectivity index (χ1v) is 9.04. The van der Waals surface area contributed by atoms with Crippen LogP contribution in [0.1, 0.15) is 21.9 Å². The number of hydrogen-bond acceptors (Lipinski definition) is 3. The van der Waals surface area contributed by atoms with Crippen molar-refractivity contribution in [3.05, 3.63) is 69.8 Å². The minimum atomic E-state index is -0.296. The Labute approximate surface area is 162 Å². The maximum atomic E-state index is 13.1. The second-order valence-electron chi connectivity index (χ2n) is 6.18. The molecule has 0 aliphatic rings. The minimum absolute atomic E-state index is 0.256. The lowest BCUT2D eigenvalue weighted by Crippen LogP contribution is -2.12. The molecule has 0 aliphatic carbocycles. The molecule has 4 rings (SSSR count). The molecule has 4 aromatic rings. The summed E-state index contributed by atoms with van der Waals surface area (Å²) in [6.07, 6.45) is 0. The van der Waals surface area contributed by atoms with Crippen molar-refractivity contribution in [2.45, 2.75) is 13.8 Å². The van der Waals surface area contributed by atoms with Crippen molar-refractivity contribution in [3.63, 3.8) is 0 Å². The van der Waals surface area contributed by atoms with E-state index in [0.717, 1.165) is 16.6 Å². The highest BCUT2D eigenvalue weighted by Gasteiger charge is 2.20. The monoisotopic (exact) mass is 427 g/mol. The maximum Gasteiger partial charge on any atom is 0.260 e. The van der Waals surface area contributed by atoms with Crippen LogP contribution < -0.4 is 5.32 Å². The first-order chi connectivity index (χ1) is 12.9. The largest absolute Gasteiger partial charge is 0.465 e. The van der Waals surface area contributed by atoms with Crippen LogP contribution in [0.5, 0.6) is 0 Å². The molecule has 2 heterocycles. The Bertz CT molecular complexity index is 1160. The number of benzene rings is 2. The summed E-state index contributed by atoms with van der Waals surface area (Å²) >= 11 is 3.39. The number of rotatable bonds is 3. The standard InChI is InChI=1S/C20H15BrFN3O2/c1-10-17(18(21)11(2)27-10)20(26)23-14-7-8-15-16(9-14)25-19(24-15)12-3-5-13(22)6-4-12/h3-9H,1-2H3,(H,23,26)(H,24,25). The third-order valence-corrected chi connectivity index (χ3v) is 5.23. The van der Waals surface area contributed by atoms with E-state index >= 15 is 0 Å². The summed E-state index contributed by atoms with van der Waals surface area (Å²) in [7, 11) is 0. The number of fused-ring (bicyclic) bond motifs is 1. The topological polar surface area (TPSA) is 70.9 Å². The van der Waals surface area contributed by atoms with Gasteiger partial charge in [-0.15, -0.1) is 0 Å². The van der Waals surface area contributed by atoms with E-state index in [-0.39, 0.29) is 11.7 Å². The van der Waals surface area contributed by atoms with Crippen LogP contribution in [-0.4, -0.2) is 15.9 Å². The van der Waals surface area contributed by atoms with E-state index in [1.54, 1.807) is 32.0 Å². The van der Waals surface area contributed by atoms with Gasteiger partial charge in [0.2, 0.25) is 0 Å². The van der Waals surface area contributed by atoms with Crippen LogP contribution in [0.15, 0.2) is 51.4 Å². The second-order valence-corrected chi connectivity index (χ2v) is 6.97. The number of nitrogens with zero attached hydrogens (tertiary/aromatic N) is 1. The summed E-state index contributed by atoms with van der Waals surface area (Å²) in [6, 6.07) is 11.5. The van der Waals surface area contributed by atoms with Gasteiger partial charge in [-0.3, -0.25) is 4.79 Å². The van der Waals surface area contributed by atoms with Crippen molar-refractivity contribution in [1.82, 2.24) is 9.97 Å². The number of aryl methyl sites for hydroxylation is 2. The lowest BCUT2D eigenvalue weighted by molar-refractivity contribution is 0.102. The van der Waals surface area contributed by atoms with Gasteiger partial charge in [0.25, 0.3) is 5.91 Å². The van der Waals surface area contributed by atoms with E-state index in [0.29, 0.717) is 33.1 Å². The molecule has 0 radical (unpaired) electrons. The molecule has 0 fully saturated rings. The van der Waals surface area contributed by atoms with E-state index in [4.69, 9.17) is 4.42 Å². The normalized spacial score (nSPS) is 11.1. The molecule has 5 nitrogen and oxygen atoms in total. The van der Waals surface area contributed by atoms with Gasteiger partial charge in [0.05, 0.1) is 21.1 Å². The molecule has 136 valence electrons. The quantitative estimate of drug-likeness (QED) is 0.447. The molecule has 0 aliphatic heterocycles. The van der Waals surface area contributed by atoms with Gasteiger partial charge in [0.15, 0.2) is 0 Å². The number of nitrogens with one attached hydrogen (secondary N) is 2. The van der Waals surface area contributed by atoms with Crippen LogP contribution >= 0.6 is 15.9 Å². The van der Waals surface area contributed by atoms with Gasteiger partial charge in [0, 0.05) is 11.3 Å². The smallest absolute Gasteiger partial charge is 0.260 e. The van der Waals surface area contributed by atoms with Crippen molar-refractivity contribution in [2.75, 3.05) is 5.32 Å². The van der Waals surface area contributed by atoms with Crippen LogP contribution in [0.2, 0.25) is 0 Å². The van der Waals surface area contributed by atoms with Gasteiger partial charge in [-0.1, -0.05) is 0 Å². The first-order valence-electron chi connectivity index (χ1n) is 8.25. The number of imidazole rings is 1. The SMILES string of the molecule is Cc1oc(C)c(C(=O)Nc2ccc3nc(-c4ccc(F)cc4)[nH]c3c2)c1Br. The van der Waals surface area contributed by atoms with Crippen molar-refractivity contribution in [2.24, 2.45) is 0 Å². The molecule has 0 unspecified atom stereocenters. The predicted octanol–water partition coefficient (Wildman–Crippen LogP) is 5.59. The number of carbonyl (C=O) groups is 1. The molecule has 1 amide bonds. The molecular weight excluding hydrogens is 413 g/mol. The lowest BCUT2D eigenvalue weighted by atomic mass is 10.2. The number of carbonyl (C=O) groups excluding carboxylic acids is 1. The Hall–Kier alpha value is -2.93. The van der Waals surface area contributed by atoms with E-state index in [1.165, 1.54) is 12.1 Å². The number of aromatic nitrogens is 2. The fourth-order valence-electron chi connectivity index (χ4n) is 2.94. The maximum absolute atomic E-state index is 13.1. The first kappa shape index (κ1) is 17.5. The van der Waals surface area contributed by atoms with Gasteiger partial charge in [-0.2, -0.15) is 0 Å². The van der Waals surface area contributed by atoms with Crippen molar-refractivity contribution in [3.8, 4) is 11.4 Å². The molecular formula is C20H15BrFN3O2.